The smallest absolute Gasteiger partial charge is 0.317 e. The first-order valence-electron chi connectivity index (χ1n) is 5.14. The van der Waals surface area contributed by atoms with Gasteiger partial charge in [0.05, 0.1) is 5.75 Å². The van der Waals surface area contributed by atoms with Crippen molar-refractivity contribution in [2.45, 2.75) is 51.9 Å². The molecule has 0 rings (SSSR count). The zero-order valence-electron chi connectivity index (χ0n) is 10.9. The molecule has 0 saturated carbocycles. The van der Waals surface area contributed by atoms with E-state index >= 15 is 0 Å². The molecule has 0 fully saturated rings. The Kier molecular flexibility index (Phi) is 4.13. The highest BCUT2D eigenvalue weighted by Gasteiger charge is 2.30. The van der Waals surface area contributed by atoms with E-state index in [9.17, 15) is 9.00 Å². The second-order valence-electron chi connectivity index (χ2n) is 6.02. The topological polar surface area (TPSA) is 43.4 Å². The van der Waals surface area contributed by atoms with Crippen LogP contribution in [-0.4, -0.2) is 32.5 Å². The summed E-state index contributed by atoms with van der Waals surface area (Å²) in [6, 6.07) is 0. The van der Waals surface area contributed by atoms with Crippen LogP contribution in [0, 0.1) is 0 Å². The van der Waals surface area contributed by atoms with Crippen LogP contribution in [0.15, 0.2) is 0 Å². The highest BCUT2D eigenvalue weighted by atomic mass is 32.2. The predicted octanol–water partition coefficient (Wildman–Crippen LogP) is 1.77. The summed E-state index contributed by atoms with van der Waals surface area (Å²) in [4.78, 5) is 11.5. The van der Waals surface area contributed by atoms with Crippen molar-refractivity contribution in [3.63, 3.8) is 0 Å². The summed E-state index contributed by atoms with van der Waals surface area (Å²) in [6.07, 6.45) is 1.66. The Balaban J connectivity index is 4.51. The van der Waals surface area contributed by atoms with Gasteiger partial charge in [-0.25, -0.2) is 0 Å². The zero-order chi connectivity index (χ0) is 12.5. The van der Waals surface area contributed by atoms with E-state index in [4.69, 9.17) is 4.74 Å². The third-order valence-corrected chi connectivity index (χ3v) is 5.97. The average Bonchev–Trinajstić information content (AvgIpc) is 1.75. The predicted molar refractivity (Wildman–Crippen MR) is 65.9 cm³/mol. The fraction of sp³-hybridized carbons (Fsp3) is 0.909. The quantitative estimate of drug-likeness (QED) is 0.587. The van der Waals surface area contributed by atoms with E-state index in [0.717, 1.165) is 0 Å². The van der Waals surface area contributed by atoms with E-state index in [2.05, 4.69) is 0 Å². The molecule has 92 valence electrons. The van der Waals surface area contributed by atoms with E-state index < -0.39 is 15.5 Å². The van der Waals surface area contributed by atoms with Gasteiger partial charge in [0.1, 0.15) is 5.60 Å². The van der Waals surface area contributed by atoms with Crippen LogP contribution in [0.5, 0.6) is 0 Å². The van der Waals surface area contributed by atoms with E-state index in [1.807, 2.05) is 41.5 Å². The van der Waals surface area contributed by atoms with Gasteiger partial charge in [0.15, 0.2) is 0 Å². The highest BCUT2D eigenvalue weighted by molar-refractivity contribution is 8.04. The van der Waals surface area contributed by atoms with Crippen molar-refractivity contribution in [2.24, 2.45) is 0 Å². The standard InChI is InChI=1S/C11H24O3S/c1-10(2,3)14-9(12)8-15(7,13)11(4,5)6/h15H,8H2,1-7H3. The molecule has 0 saturated heterocycles. The fourth-order valence-corrected chi connectivity index (χ4v) is 1.89. The van der Waals surface area contributed by atoms with Crippen LogP contribution < -0.4 is 0 Å². The van der Waals surface area contributed by atoms with Gasteiger partial charge in [-0.3, -0.25) is 9.00 Å². The molecule has 0 atom stereocenters. The number of rotatable bonds is 2. The van der Waals surface area contributed by atoms with Gasteiger partial charge in [-0.2, -0.15) is 0 Å². The number of carbonyl (C=O) groups excluding carboxylic acids is 1. The SMILES string of the molecule is CC(C)(C)OC(=O)C[SH](C)(=O)C(C)(C)C. The molecule has 0 unspecified atom stereocenters. The molecule has 0 radical (unpaired) electrons. The van der Waals surface area contributed by atoms with Crippen molar-refractivity contribution in [2.75, 3.05) is 12.0 Å². The fourth-order valence-electron chi connectivity index (χ4n) is 0.857. The lowest BCUT2D eigenvalue weighted by Crippen LogP contribution is -2.41. The highest BCUT2D eigenvalue weighted by Crippen LogP contribution is 2.22. The maximum absolute atomic E-state index is 12.2. The molecule has 0 bridgehead atoms. The Morgan fingerprint density at radius 1 is 1.13 bits per heavy atom. The number of hydrogen-bond donors (Lipinski definition) is 1. The molecule has 0 amide bonds. The van der Waals surface area contributed by atoms with Crippen molar-refractivity contribution < 1.29 is 13.7 Å². The number of thiol groups is 1. The molecule has 0 aliphatic heterocycles. The van der Waals surface area contributed by atoms with Crippen LogP contribution >= 0.6 is 0 Å². The monoisotopic (exact) mass is 236 g/mol. The first-order chi connectivity index (χ1) is 6.35. The molecule has 0 aromatic heterocycles. The summed E-state index contributed by atoms with van der Waals surface area (Å²) in [7, 11) is -2.49. The summed E-state index contributed by atoms with van der Waals surface area (Å²) >= 11 is 0. The van der Waals surface area contributed by atoms with Crippen LogP contribution in [0.4, 0.5) is 0 Å². The maximum Gasteiger partial charge on any atom is 0.317 e. The Bertz CT molecular complexity index is 281. The van der Waals surface area contributed by atoms with Crippen LogP contribution in [0.3, 0.4) is 0 Å². The molecular weight excluding hydrogens is 212 g/mol. The summed E-state index contributed by atoms with van der Waals surface area (Å²) in [5.74, 6) is -0.350. The van der Waals surface area contributed by atoms with Crippen molar-refractivity contribution >= 4 is 15.9 Å². The van der Waals surface area contributed by atoms with Crippen molar-refractivity contribution in [1.82, 2.24) is 0 Å². The van der Waals surface area contributed by atoms with Crippen LogP contribution in [0.1, 0.15) is 41.5 Å². The molecule has 0 aliphatic rings. The first-order valence-corrected chi connectivity index (χ1v) is 7.47. The van der Waals surface area contributed by atoms with Gasteiger partial charge in [0.25, 0.3) is 0 Å². The lowest BCUT2D eigenvalue weighted by Gasteiger charge is -2.33. The molecule has 0 aromatic carbocycles. The molecular formula is C11H24O3S. The largest absolute Gasteiger partial charge is 0.459 e. The zero-order valence-corrected chi connectivity index (χ0v) is 11.8. The lowest BCUT2D eigenvalue weighted by molar-refractivity contribution is -0.151. The van der Waals surface area contributed by atoms with Gasteiger partial charge in [0.2, 0.25) is 0 Å². The Labute approximate surface area is 94.0 Å². The molecule has 3 nitrogen and oxygen atoms in total. The maximum atomic E-state index is 12.2. The van der Waals surface area contributed by atoms with E-state index in [1.165, 1.54) is 0 Å². The second kappa shape index (κ2) is 4.24. The van der Waals surface area contributed by atoms with E-state index in [1.54, 1.807) is 6.26 Å². The van der Waals surface area contributed by atoms with Crippen molar-refractivity contribution in [1.29, 1.82) is 0 Å². The third kappa shape index (κ3) is 5.30. The minimum Gasteiger partial charge on any atom is -0.459 e. The molecule has 0 aliphatic carbocycles. The van der Waals surface area contributed by atoms with Gasteiger partial charge < -0.3 is 4.74 Å². The number of carbonyl (C=O) groups is 1. The number of ether oxygens (including phenoxy) is 1. The normalized spacial score (nSPS) is 14.9. The van der Waals surface area contributed by atoms with Gasteiger partial charge in [-0.1, -0.05) is 30.7 Å². The van der Waals surface area contributed by atoms with Crippen LogP contribution in [0.25, 0.3) is 0 Å². The molecule has 15 heavy (non-hydrogen) atoms. The summed E-state index contributed by atoms with van der Waals surface area (Å²) in [5, 5.41) is 0. The molecule has 0 aromatic rings. The second-order valence-corrected chi connectivity index (χ2v) is 9.88. The van der Waals surface area contributed by atoms with Crippen LogP contribution in [-0.2, 0) is 19.5 Å². The van der Waals surface area contributed by atoms with Gasteiger partial charge in [-0.15, -0.1) is 0 Å². The molecule has 0 N–H and O–H groups in total. The third-order valence-electron chi connectivity index (χ3n) is 2.27. The Morgan fingerprint density at radius 3 is 1.80 bits per heavy atom. The minimum atomic E-state index is -2.49. The minimum absolute atomic E-state index is 0.0216. The van der Waals surface area contributed by atoms with E-state index in [0.29, 0.717) is 0 Å². The van der Waals surface area contributed by atoms with Gasteiger partial charge in [-0.05, 0) is 27.0 Å². The number of esters is 1. The first kappa shape index (κ1) is 14.6. The Morgan fingerprint density at radius 2 is 1.53 bits per heavy atom. The molecule has 4 heteroatoms. The summed E-state index contributed by atoms with van der Waals surface area (Å²) in [5.41, 5.74) is -0.505. The van der Waals surface area contributed by atoms with Crippen molar-refractivity contribution in [3.8, 4) is 0 Å². The van der Waals surface area contributed by atoms with Gasteiger partial charge in [0, 0.05) is 4.75 Å². The number of hydrogen-bond acceptors (Lipinski definition) is 3. The Hall–Kier alpha value is -0.380. The van der Waals surface area contributed by atoms with Crippen molar-refractivity contribution in [3.05, 3.63) is 0 Å². The van der Waals surface area contributed by atoms with Crippen LogP contribution in [0.2, 0.25) is 0 Å². The lowest BCUT2D eigenvalue weighted by atomic mass is 10.2. The average molecular weight is 236 g/mol. The summed E-state index contributed by atoms with van der Waals surface area (Å²) < 4.78 is 17.0. The molecule has 0 heterocycles. The van der Waals surface area contributed by atoms with Gasteiger partial charge >= 0.3 is 5.97 Å². The van der Waals surface area contributed by atoms with E-state index in [-0.39, 0.29) is 16.5 Å². The molecule has 0 spiro atoms. The summed E-state index contributed by atoms with van der Waals surface area (Å²) in [6.45, 7) is 11.1.